The van der Waals surface area contributed by atoms with Crippen molar-refractivity contribution < 1.29 is 68.1 Å². The zero-order valence-electron chi connectivity index (χ0n) is 34.9. The van der Waals surface area contributed by atoms with Crippen LogP contribution in [0.25, 0.3) is 11.1 Å². The number of phenols is 2. The average Bonchev–Trinajstić information content (AvgIpc) is 3.61. The van der Waals surface area contributed by atoms with Crippen molar-refractivity contribution in [1.82, 2.24) is 16.0 Å². The van der Waals surface area contributed by atoms with E-state index in [2.05, 4.69) is 22.5 Å². The van der Waals surface area contributed by atoms with Crippen molar-refractivity contribution in [3.8, 4) is 28.4 Å². The molecule has 8 rings (SSSR count). The first-order valence-corrected chi connectivity index (χ1v) is 20.8. The Morgan fingerprint density at radius 3 is 2.20 bits per heavy atom. The minimum absolute atomic E-state index is 0.00822. The topological polar surface area (TPSA) is 249 Å². The van der Waals surface area contributed by atoms with Gasteiger partial charge in [0.05, 0.1) is 42.0 Å². The molecule has 1 aliphatic heterocycles. The van der Waals surface area contributed by atoms with Gasteiger partial charge >= 0.3 is 12.2 Å². The Kier molecular flexibility index (Phi) is 12.2. The second-order valence-electron chi connectivity index (χ2n) is 16.1. The maximum Gasteiger partial charge on any atom is 0.407 e. The van der Waals surface area contributed by atoms with Gasteiger partial charge < -0.3 is 60.1 Å². The van der Waals surface area contributed by atoms with Crippen LogP contribution < -0.4 is 20.7 Å². The molecule has 1 fully saturated rings. The zero-order chi connectivity index (χ0) is 45.4. The third-order valence-electron chi connectivity index (χ3n) is 12.2. The molecule has 17 nitrogen and oxygen atoms in total. The first-order valence-electron chi connectivity index (χ1n) is 20.8. The minimum Gasteiger partial charge on any atom is -0.507 e. The summed E-state index contributed by atoms with van der Waals surface area (Å²) in [6, 6.07) is 19.1. The number of methoxy groups -OCH3 is 1. The first kappa shape index (κ1) is 43.8. The van der Waals surface area contributed by atoms with E-state index in [1.165, 1.54) is 31.4 Å². The van der Waals surface area contributed by atoms with Crippen LogP contribution in [0, 0.1) is 0 Å². The van der Waals surface area contributed by atoms with E-state index in [1.807, 2.05) is 48.5 Å². The van der Waals surface area contributed by atoms with Crippen LogP contribution in [-0.2, 0) is 30.2 Å². The molecule has 64 heavy (non-hydrogen) atoms. The summed E-state index contributed by atoms with van der Waals surface area (Å²) in [7, 11) is 1.31. The van der Waals surface area contributed by atoms with Gasteiger partial charge in [-0.1, -0.05) is 73.3 Å². The molecule has 0 bridgehead atoms. The molecule has 334 valence electrons. The number of carbonyl (C=O) groups is 5. The van der Waals surface area contributed by atoms with E-state index in [0.29, 0.717) is 0 Å². The number of phenolic OH excluding ortho intramolecular Hbond substituents is 2. The van der Waals surface area contributed by atoms with Crippen LogP contribution in [0.1, 0.15) is 85.9 Å². The molecule has 3 aliphatic carbocycles. The standard InChI is InChI=1S/C47H47N3O14/c1-4-18-61-45(57)49-17-16-48-44(56)47(59)20-29-36(43(55)38-37(41(29)53)40(52)28-14-9-15-32(60-3)35(28)42(38)54)33(21-47)64-34-19-31(39(51)23(2)63-34)50-46(58)62-22-30-26-12-7-5-10-24(26)25-11-6-8-13-27(25)30/h4-15,23,30-31,33-34,39,51,53,55,59H,1,16-22H2,2-3H3,(H,48,56)(H,49,57)(H,50,58)/t23-,31-,33-,34-,39+,47-/m0/s1. The Morgan fingerprint density at radius 1 is 0.859 bits per heavy atom. The summed E-state index contributed by atoms with van der Waals surface area (Å²) in [6.07, 6.45) is -6.62. The van der Waals surface area contributed by atoms with Gasteiger partial charge in [0.2, 0.25) is 5.78 Å². The maximum absolute atomic E-state index is 14.2. The molecule has 0 unspecified atom stereocenters. The molecule has 1 saturated heterocycles. The molecular formula is C47H47N3O14. The molecule has 0 saturated carbocycles. The highest BCUT2D eigenvalue weighted by Gasteiger charge is 2.51. The number of hydrogen-bond acceptors (Lipinski definition) is 14. The van der Waals surface area contributed by atoms with Gasteiger partial charge in [0.15, 0.2) is 12.1 Å². The maximum atomic E-state index is 14.2. The molecule has 7 N–H and O–H groups in total. The lowest BCUT2D eigenvalue weighted by atomic mass is 9.72. The van der Waals surface area contributed by atoms with Gasteiger partial charge in [-0.15, -0.1) is 0 Å². The van der Waals surface area contributed by atoms with Crippen LogP contribution >= 0.6 is 0 Å². The quantitative estimate of drug-likeness (QED) is 0.0531. The lowest BCUT2D eigenvalue weighted by molar-refractivity contribution is -0.249. The van der Waals surface area contributed by atoms with E-state index < -0.39 is 101 Å². The van der Waals surface area contributed by atoms with Crippen molar-refractivity contribution in [2.24, 2.45) is 0 Å². The van der Waals surface area contributed by atoms with Crippen LogP contribution in [-0.4, -0.2) is 114 Å². The number of nitrogens with one attached hydrogen (secondary N) is 3. The molecular weight excluding hydrogens is 831 g/mol. The number of aliphatic hydroxyl groups is 2. The van der Waals surface area contributed by atoms with Crippen LogP contribution in [0.2, 0.25) is 0 Å². The number of fused-ring (bicyclic) bond motifs is 6. The minimum atomic E-state index is -2.37. The molecule has 6 atom stereocenters. The van der Waals surface area contributed by atoms with Gasteiger partial charge in [-0.2, -0.15) is 0 Å². The van der Waals surface area contributed by atoms with Gasteiger partial charge in [-0.05, 0) is 35.2 Å². The number of aliphatic hydroxyl groups excluding tert-OH is 1. The van der Waals surface area contributed by atoms with Gasteiger partial charge in [-0.25, -0.2) is 9.59 Å². The number of benzene rings is 4. The van der Waals surface area contributed by atoms with E-state index >= 15 is 0 Å². The summed E-state index contributed by atoms with van der Waals surface area (Å²) >= 11 is 0. The predicted octanol–water partition coefficient (Wildman–Crippen LogP) is 4.05. The van der Waals surface area contributed by atoms with Crippen LogP contribution in [0.4, 0.5) is 9.59 Å². The third-order valence-corrected chi connectivity index (χ3v) is 12.2. The highest BCUT2D eigenvalue weighted by molar-refractivity contribution is 6.31. The average molecular weight is 878 g/mol. The van der Waals surface area contributed by atoms with Crippen molar-refractivity contribution in [2.45, 2.75) is 68.3 Å². The summed E-state index contributed by atoms with van der Waals surface area (Å²) in [5, 5.41) is 54.9. The van der Waals surface area contributed by atoms with E-state index in [9.17, 15) is 44.4 Å². The Balaban J connectivity index is 1.06. The molecule has 4 aromatic carbocycles. The number of ether oxygens (including phenoxy) is 5. The van der Waals surface area contributed by atoms with Crippen molar-refractivity contribution >= 4 is 29.7 Å². The van der Waals surface area contributed by atoms with Gasteiger partial charge in [0, 0.05) is 55.0 Å². The van der Waals surface area contributed by atoms with E-state index in [0.717, 1.165) is 22.3 Å². The first-order chi connectivity index (χ1) is 30.8. The number of carbonyl (C=O) groups excluding carboxylic acids is 5. The fourth-order valence-corrected chi connectivity index (χ4v) is 9.15. The van der Waals surface area contributed by atoms with Crippen LogP contribution in [0.3, 0.4) is 0 Å². The highest BCUT2D eigenvalue weighted by Crippen LogP contribution is 2.53. The molecule has 4 aliphatic rings. The summed E-state index contributed by atoms with van der Waals surface area (Å²) in [5.74, 6) is -4.26. The van der Waals surface area contributed by atoms with Crippen molar-refractivity contribution in [3.63, 3.8) is 0 Å². The van der Waals surface area contributed by atoms with Gasteiger partial charge in [0.1, 0.15) is 42.2 Å². The number of hydrogen-bond donors (Lipinski definition) is 7. The molecule has 17 heteroatoms. The van der Waals surface area contributed by atoms with Crippen molar-refractivity contribution in [3.05, 3.63) is 124 Å². The zero-order valence-corrected chi connectivity index (χ0v) is 34.9. The lowest BCUT2D eigenvalue weighted by Crippen LogP contribution is -2.56. The summed E-state index contributed by atoms with van der Waals surface area (Å²) < 4.78 is 28.4. The monoisotopic (exact) mass is 877 g/mol. The number of aromatic hydroxyl groups is 2. The summed E-state index contributed by atoms with van der Waals surface area (Å²) in [6.45, 7) is 4.72. The van der Waals surface area contributed by atoms with Crippen LogP contribution in [0.5, 0.6) is 17.2 Å². The summed E-state index contributed by atoms with van der Waals surface area (Å²) in [4.78, 5) is 67.3. The number of rotatable bonds is 12. The van der Waals surface area contributed by atoms with E-state index in [4.69, 9.17) is 23.7 Å². The number of alkyl carbamates (subject to hydrolysis) is 2. The highest BCUT2D eigenvalue weighted by atomic mass is 16.7. The summed E-state index contributed by atoms with van der Waals surface area (Å²) in [5.41, 5.74) is 0.00855. The lowest BCUT2D eigenvalue weighted by Gasteiger charge is -2.42. The van der Waals surface area contributed by atoms with Gasteiger partial charge in [-0.3, -0.25) is 14.4 Å². The Morgan fingerprint density at radius 2 is 1.52 bits per heavy atom. The molecule has 0 spiro atoms. The fourth-order valence-electron chi connectivity index (χ4n) is 9.15. The Labute approximate surface area is 366 Å². The molecule has 0 aromatic heterocycles. The smallest absolute Gasteiger partial charge is 0.407 e. The molecule has 4 aromatic rings. The molecule has 1 heterocycles. The predicted molar refractivity (Wildman–Crippen MR) is 226 cm³/mol. The van der Waals surface area contributed by atoms with Crippen LogP contribution in [0.15, 0.2) is 79.4 Å². The third kappa shape index (κ3) is 7.91. The SMILES string of the molecule is C=CCOC(=O)NCCNC(=O)[C@]1(O)Cc2c(O)c3c(c(O)c2[C@@H](O[C@H]2C[C@H](NC(=O)OCC4c5ccccc5-c5ccccc54)[C@H](O)[C@H](C)O2)C1)C(=O)c1c(OC)cccc1C3=O. The van der Waals surface area contributed by atoms with Crippen molar-refractivity contribution in [1.29, 1.82) is 0 Å². The second kappa shape index (κ2) is 17.8. The Bertz CT molecular complexity index is 2510. The normalized spacial score (nSPS) is 23.0. The number of ketones is 2. The Hall–Kier alpha value is -6.79. The fraction of sp³-hybridized carbons (Fsp3) is 0.340. The van der Waals surface area contributed by atoms with E-state index in [1.54, 1.807) is 6.92 Å². The molecule has 0 radical (unpaired) electrons. The van der Waals surface area contributed by atoms with Crippen molar-refractivity contribution in [2.75, 3.05) is 33.4 Å². The molecule has 3 amide bonds. The van der Waals surface area contributed by atoms with Gasteiger partial charge in [0.25, 0.3) is 5.91 Å². The largest absolute Gasteiger partial charge is 0.507 e. The van der Waals surface area contributed by atoms with E-state index in [-0.39, 0.29) is 66.6 Å². The number of amides is 3. The second-order valence-corrected chi connectivity index (χ2v) is 16.1.